The molecule has 0 aliphatic heterocycles. The first-order chi connectivity index (χ1) is 10.0. The number of hydrogen-bond acceptors (Lipinski definition) is 3. The van der Waals surface area contributed by atoms with Crippen LogP contribution in [0.2, 0.25) is 0 Å². The third kappa shape index (κ3) is 4.42. The highest BCUT2D eigenvalue weighted by Gasteiger charge is 2.06. The van der Waals surface area contributed by atoms with Gasteiger partial charge >= 0.3 is 0 Å². The van der Waals surface area contributed by atoms with Crippen LogP contribution in [0.1, 0.15) is 17.5 Å². The van der Waals surface area contributed by atoms with E-state index in [4.69, 9.17) is 0 Å². The molecule has 0 bridgehead atoms. The van der Waals surface area contributed by atoms with Crippen molar-refractivity contribution in [1.29, 1.82) is 0 Å². The number of hydrogen-bond donors (Lipinski definition) is 1. The van der Waals surface area contributed by atoms with Crippen LogP contribution in [0.15, 0.2) is 48.5 Å². The summed E-state index contributed by atoms with van der Waals surface area (Å²) in [5.41, 5.74) is 2.87. The molecule has 0 aromatic heterocycles. The third-order valence-corrected chi connectivity index (χ3v) is 3.12. The lowest BCUT2D eigenvalue weighted by Crippen LogP contribution is -2.12. The molecule has 0 aliphatic rings. The maximum Gasteiger partial charge on any atom is 0.269 e. The van der Waals surface area contributed by atoms with Gasteiger partial charge in [0.25, 0.3) is 5.69 Å². The Morgan fingerprint density at radius 1 is 1.10 bits per heavy atom. The minimum atomic E-state index is -0.469. The SMILES string of the molecule is Cc1ccc(CCC(=O)Nc2ccc([N+](=O)[O-])cc2)cc1. The molecule has 21 heavy (non-hydrogen) atoms. The third-order valence-electron chi connectivity index (χ3n) is 3.12. The Labute approximate surface area is 122 Å². The summed E-state index contributed by atoms with van der Waals surface area (Å²) in [6, 6.07) is 13.9. The van der Waals surface area contributed by atoms with E-state index in [0.29, 0.717) is 18.5 Å². The maximum atomic E-state index is 11.8. The smallest absolute Gasteiger partial charge is 0.269 e. The molecule has 2 rings (SSSR count). The van der Waals surface area contributed by atoms with Crippen LogP contribution in [0.3, 0.4) is 0 Å². The quantitative estimate of drug-likeness (QED) is 0.675. The molecule has 0 saturated carbocycles. The van der Waals surface area contributed by atoms with Crippen LogP contribution >= 0.6 is 0 Å². The molecular formula is C16H16N2O3. The Bertz CT molecular complexity index is 634. The number of carbonyl (C=O) groups excluding carboxylic acids is 1. The van der Waals surface area contributed by atoms with Crippen LogP contribution in [-0.4, -0.2) is 10.8 Å². The molecule has 0 fully saturated rings. The molecule has 2 aromatic carbocycles. The molecule has 2 aromatic rings. The zero-order valence-corrected chi connectivity index (χ0v) is 11.7. The predicted octanol–water partition coefficient (Wildman–Crippen LogP) is 3.47. The number of non-ortho nitro benzene ring substituents is 1. The van der Waals surface area contributed by atoms with Crippen LogP contribution in [0.5, 0.6) is 0 Å². The highest BCUT2D eigenvalue weighted by atomic mass is 16.6. The summed E-state index contributed by atoms with van der Waals surface area (Å²) in [4.78, 5) is 21.9. The van der Waals surface area contributed by atoms with Gasteiger partial charge in [0.1, 0.15) is 0 Å². The van der Waals surface area contributed by atoms with Crippen molar-refractivity contribution in [3.63, 3.8) is 0 Å². The monoisotopic (exact) mass is 284 g/mol. The molecular weight excluding hydrogens is 268 g/mol. The molecule has 0 saturated heterocycles. The van der Waals surface area contributed by atoms with Crippen molar-refractivity contribution in [2.24, 2.45) is 0 Å². The minimum absolute atomic E-state index is 0.00709. The predicted molar refractivity (Wildman–Crippen MR) is 81.2 cm³/mol. The highest BCUT2D eigenvalue weighted by molar-refractivity contribution is 5.90. The molecule has 0 spiro atoms. The van der Waals surface area contributed by atoms with Gasteiger partial charge in [-0.1, -0.05) is 29.8 Å². The van der Waals surface area contributed by atoms with Crippen molar-refractivity contribution in [3.8, 4) is 0 Å². The van der Waals surface area contributed by atoms with Crippen molar-refractivity contribution in [1.82, 2.24) is 0 Å². The van der Waals surface area contributed by atoms with Gasteiger partial charge in [-0.2, -0.15) is 0 Å². The fraction of sp³-hybridized carbons (Fsp3) is 0.188. The molecule has 5 nitrogen and oxygen atoms in total. The fourth-order valence-electron chi connectivity index (χ4n) is 1.90. The summed E-state index contributed by atoms with van der Waals surface area (Å²) < 4.78 is 0. The fourth-order valence-corrected chi connectivity index (χ4v) is 1.90. The van der Waals surface area contributed by atoms with Crippen LogP contribution in [0.25, 0.3) is 0 Å². The van der Waals surface area contributed by atoms with E-state index in [9.17, 15) is 14.9 Å². The number of anilines is 1. The molecule has 0 unspecified atom stereocenters. The number of nitrogens with one attached hydrogen (secondary N) is 1. The van der Waals surface area contributed by atoms with Gasteiger partial charge in [-0.05, 0) is 31.0 Å². The largest absolute Gasteiger partial charge is 0.326 e. The Hall–Kier alpha value is -2.69. The van der Waals surface area contributed by atoms with E-state index in [1.54, 1.807) is 0 Å². The molecule has 108 valence electrons. The van der Waals surface area contributed by atoms with Gasteiger partial charge < -0.3 is 5.32 Å². The summed E-state index contributed by atoms with van der Waals surface area (Å²) in [5.74, 6) is -0.107. The lowest BCUT2D eigenvalue weighted by Gasteiger charge is -2.05. The lowest BCUT2D eigenvalue weighted by molar-refractivity contribution is -0.384. The molecule has 0 aliphatic carbocycles. The van der Waals surface area contributed by atoms with E-state index in [-0.39, 0.29) is 11.6 Å². The van der Waals surface area contributed by atoms with Gasteiger partial charge in [-0.25, -0.2) is 0 Å². The van der Waals surface area contributed by atoms with Gasteiger partial charge in [0.05, 0.1) is 4.92 Å². The number of rotatable bonds is 5. The normalized spacial score (nSPS) is 10.1. The topological polar surface area (TPSA) is 72.2 Å². The summed E-state index contributed by atoms with van der Waals surface area (Å²) in [5, 5.41) is 13.3. The molecule has 0 atom stereocenters. The Morgan fingerprint density at radius 3 is 2.29 bits per heavy atom. The van der Waals surface area contributed by atoms with Crippen LogP contribution in [0, 0.1) is 17.0 Å². The van der Waals surface area contributed by atoms with Crippen LogP contribution < -0.4 is 5.32 Å². The first kappa shape index (κ1) is 14.7. The van der Waals surface area contributed by atoms with E-state index in [0.717, 1.165) is 5.56 Å². The minimum Gasteiger partial charge on any atom is -0.326 e. The van der Waals surface area contributed by atoms with E-state index < -0.39 is 4.92 Å². The standard InChI is InChI=1S/C16H16N2O3/c1-12-2-4-13(5-3-12)6-11-16(19)17-14-7-9-15(10-8-14)18(20)21/h2-5,7-10H,6,11H2,1H3,(H,17,19). The van der Waals surface area contributed by atoms with Crippen molar-refractivity contribution in [2.75, 3.05) is 5.32 Å². The molecule has 0 heterocycles. The van der Waals surface area contributed by atoms with E-state index in [1.165, 1.54) is 29.8 Å². The van der Waals surface area contributed by atoms with Crippen molar-refractivity contribution in [3.05, 3.63) is 69.8 Å². The van der Waals surface area contributed by atoms with Crippen molar-refractivity contribution in [2.45, 2.75) is 19.8 Å². The lowest BCUT2D eigenvalue weighted by atomic mass is 10.1. The Balaban J connectivity index is 1.86. The average molecular weight is 284 g/mol. The number of carbonyl (C=O) groups is 1. The van der Waals surface area contributed by atoms with Crippen LogP contribution in [0.4, 0.5) is 11.4 Å². The van der Waals surface area contributed by atoms with E-state index in [1.807, 2.05) is 31.2 Å². The summed E-state index contributed by atoms with van der Waals surface area (Å²) in [6.45, 7) is 2.02. The number of amides is 1. The average Bonchev–Trinajstić information content (AvgIpc) is 2.47. The Kier molecular flexibility index (Phi) is 4.66. The number of nitrogens with zero attached hydrogens (tertiary/aromatic N) is 1. The number of aryl methyl sites for hydroxylation is 2. The van der Waals surface area contributed by atoms with Gasteiger partial charge in [0, 0.05) is 24.2 Å². The summed E-state index contributed by atoms with van der Waals surface area (Å²) in [6.07, 6.45) is 1.04. The highest BCUT2D eigenvalue weighted by Crippen LogP contribution is 2.15. The van der Waals surface area contributed by atoms with Crippen LogP contribution in [-0.2, 0) is 11.2 Å². The van der Waals surface area contributed by atoms with Gasteiger partial charge in [0.15, 0.2) is 0 Å². The first-order valence-electron chi connectivity index (χ1n) is 6.64. The van der Waals surface area contributed by atoms with E-state index in [2.05, 4.69) is 5.32 Å². The van der Waals surface area contributed by atoms with Gasteiger partial charge in [0.2, 0.25) is 5.91 Å². The molecule has 5 heteroatoms. The second-order valence-corrected chi connectivity index (χ2v) is 4.84. The summed E-state index contributed by atoms with van der Waals surface area (Å²) in [7, 11) is 0. The number of nitro groups is 1. The second-order valence-electron chi connectivity index (χ2n) is 4.84. The van der Waals surface area contributed by atoms with Crippen molar-refractivity contribution < 1.29 is 9.72 Å². The molecule has 1 amide bonds. The van der Waals surface area contributed by atoms with E-state index >= 15 is 0 Å². The zero-order valence-electron chi connectivity index (χ0n) is 11.7. The van der Waals surface area contributed by atoms with Gasteiger partial charge in [-0.15, -0.1) is 0 Å². The second kappa shape index (κ2) is 6.65. The van der Waals surface area contributed by atoms with Crippen molar-refractivity contribution >= 4 is 17.3 Å². The first-order valence-corrected chi connectivity index (χ1v) is 6.64. The summed E-state index contributed by atoms with van der Waals surface area (Å²) >= 11 is 0. The number of nitro benzene ring substituents is 1. The molecule has 0 radical (unpaired) electrons. The Morgan fingerprint density at radius 2 is 1.71 bits per heavy atom. The molecule has 1 N–H and O–H groups in total. The maximum absolute atomic E-state index is 11.8. The zero-order chi connectivity index (χ0) is 15.2. The van der Waals surface area contributed by atoms with Gasteiger partial charge in [-0.3, -0.25) is 14.9 Å². The number of benzene rings is 2.